The summed E-state index contributed by atoms with van der Waals surface area (Å²) < 4.78 is 10.3. The molecule has 2 aromatic carbocycles. The summed E-state index contributed by atoms with van der Waals surface area (Å²) >= 11 is 0. The number of hydrogen-bond acceptors (Lipinski definition) is 9. The van der Waals surface area contributed by atoms with Gasteiger partial charge < -0.3 is 45.0 Å². The van der Waals surface area contributed by atoms with E-state index in [2.05, 4.69) is 5.32 Å². The second-order valence-electron chi connectivity index (χ2n) is 11.3. The largest absolute Gasteiger partial charge is 0.383 e. The predicted octanol–water partition coefficient (Wildman–Crippen LogP) is -0.843. The van der Waals surface area contributed by atoms with Crippen LogP contribution in [0.3, 0.4) is 0 Å². The first-order valence-corrected chi connectivity index (χ1v) is 15.8. The van der Waals surface area contributed by atoms with E-state index in [9.17, 15) is 28.8 Å². The summed E-state index contributed by atoms with van der Waals surface area (Å²) in [7, 11) is 6.04. The third-order valence-electron chi connectivity index (χ3n) is 7.43. The highest BCUT2D eigenvalue weighted by atomic mass is 16.5. The summed E-state index contributed by atoms with van der Waals surface area (Å²) in [5.41, 5.74) is 6.95. The van der Waals surface area contributed by atoms with Crippen LogP contribution in [0.4, 0.5) is 0 Å². The van der Waals surface area contributed by atoms with Gasteiger partial charge in [-0.1, -0.05) is 60.7 Å². The fraction of sp³-hybridized carbons (Fsp3) is 0.471. The number of ether oxygens (including phenoxy) is 2. The Bertz CT molecular complexity index is 1360. The van der Waals surface area contributed by atoms with Crippen LogP contribution in [-0.2, 0) is 51.3 Å². The normalized spacial score (nSPS) is 10.6. The predicted molar refractivity (Wildman–Crippen MR) is 181 cm³/mol. The minimum Gasteiger partial charge on any atom is -0.383 e. The van der Waals surface area contributed by atoms with E-state index < -0.39 is 36.1 Å². The molecule has 15 nitrogen and oxygen atoms in total. The van der Waals surface area contributed by atoms with E-state index in [1.54, 1.807) is 55.6 Å². The Morgan fingerprint density at radius 1 is 0.592 bits per heavy atom. The number of nitrogens with two attached hydrogens (primary N) is 1. The molecule has 268 valence electrons. The van der Waals surface area contributed by atoms with Crippen LogP contribution in [0.5, 0.6) is 0 Å². The number of nitrogens with zero attached hydrogens (tertiary/aromatic N) is 5. The number of nitrogens with one attached hydrogen (secondary N) is 1. The molecule has 0 aliphatic heterocycles. The van der Waals surface area contributed by atoms with Crippen molar-refractivity contribution in [2.24, 2.45) is 5.73 Å². The lowest BCUT2D eigenvalue weighted by Crippen LogP contribution is -2.51. The minimum absolute atomic E-state index is 0.0373. The third kappa shape index (κ3) is 14.8. The van der Waals surface area contributed by atoms with Gasteiger partial charge in [0.25, 0.3) is 0 Å². The number of likely N-dealkylation sites (N-methyl/N-ethyl adjacent to an activating group) is 2. The second kappa shape index (κ2) is 21.9. The van der Waals surface area contributed by atoms with Gasteiger partial charge in [-0.05, 0) is 18.2 Å². The van der Waals surface area contributed by atoms with Crippen molar-refractivity contribution < 1.29 is 38.2 Å². The van der Waals surface area contributed by atoms with Gasteiger partial charge in [-0.15, -0.1) is 0 Å². The van der Waals surface area contributed by atoms with Gasteiger partial charge in [0, 0.05) is 47.4 Å². The molecule has 0 radical (unpaired) electrons. The molecule has 2 aromatic rings. The molecule has 0 heterocycles. The zero-order valence-electron chi connectivity index (χ0n) is 28.8. The highest BCUT2D eigenvalue weighted by Crippen LogP contribution is 2.10. The average Bonchev–Trinajstić information content (AvgIpc) is 3.08. The number of carbonyl (C=O) groups is 6. The maximum absolute atomic E-state index is 13.9. The van der Waals surface area contributed by atoms with Crippen LogP contribution in [-0.4, -0.2) is 154 Å². The molecule has 0 aromatic heterocycles. The number of primary amides is 1. The molecule has 0 bridgehead atoms. The topological polar surface area (TPSA) is 175 Å². The van der Waals surface area contributed by atoms with Gasteiger partial charge in [-0.3, -0.25) is 28.8 Å². The van der Waals surface area contributed by atoms with Crippen LogP contribution in [0.1, 0.15) is 11.1 Å². The van der Waals surface area contributed by atoms with E-state index in [-0.39, 0.29) is 78.0 Å². The quantitative estimate of drug-likeness (QED) is 0.160. The number of hydrogen-bond donors (Lipinski definition) is 2. The molecule has 49 heavy (non-hydrogen) atoms. The second-order valence-corrected chi connectivity index (χ2v) is 11.3. The van der Waals surface area contributed by atoms with E-state index >= 15 is 0 Å². The lowest BCUT2D eigenvalue weighted by atomic mass is 10.2. The summed E-state index contributed by atoms with van der Waals surface area (Å²) in [5.74, 6) is -3.05. The summed E-state index contributed by atoms with van der Waals surface area (Å²) in [6, 6.07) is 18.1. The Labute approximate surface area is 287 Å². The molecule has 6 amide bonds. The molecule has 0 atom stereocenters. The average molecular weight is 684 g/mol. The van der Waals surface area contributed by atoms with Crippen molar-refractivity contribution in [1.82, 2.24) is 29.8 Å². The van der Waals surface area contributed by atoms with Gasteiger partial charge in [-0.2, -0.15) is 0 Å². The number of carbonyl (C=O) groups excluding carboxylic acids is 6. The van der Waals surface area contributed by atoms with E-state index in [0.29, 0.717) is 0 Å². The van der Waals surface area contributed by atoms with Gasteiger partial charge >= 0.3 is 0 Å². The van der Waals surface area contributed by atoms with Gasteiger partial charge in [0.15, 0.2) is 0 Å². The molecule has 0 spiro atoms. The zero-order valence-corrected chi connectivity index (χ0v) is 28.8. The lowest BCUT2D eigenvalue weighted by molar-refractivity contribution is -0.148. The van der Waals surface area contributed by atoms with Gasteiger partial charge in [-0.25, -0.2) is 0 Å². The highest BCUT2D eigenvalue weighted by molar-refractivity contribution is 5.92. The minimum atomic E-state index is -0.705. The molecule has 0 unspecified atom stereocenters. The summed E-state index contributed by atoms with van der Waals surface area (Å²) in [6.07, 6.45) is 0. The van der Waals surface area contributed by atoms with Gasteiger partial charge in [0.05, 0.1) is 45.9 Å². The van der Waals surface area contributed by atoms with Crippen LogP contribution in [0.25, 0.3) is 0 Å². The van der Waals surface area contributed by atoms with Crippen molar-refractivity contribution in [2.45, 2.75) is 13.1 Å². The van der Waals surface area contributed by atoms with Crippen molar-refractivity contribution in [3.63, 3.8) is 0 Å². The number of amides is 6. The fourth-order valence-corrected chi connectivity index (χ4v) is 4.71. The Kier molecular flexibility index (Phi) is 18.0. The SMILES string of the molecule is CNCC(=O)N(C)CC(=O)N(CCOC)CC(=O)N(CC(=O)N(CCOC)CC(=O)N(CC(N)=O)Cc1ccccc1)Cc1ccccc1. The molecular weight excluding hydrogens is 634 g/mol. The van der Waals surface area contributed by atoms with E-state index in [0.717, 1.165) is 11.1 Å². The monoisotopic (exact) mass is 683 g/mol. The summed E-state index contributed by atoms with van der Waals surface area (Å²) in [4.78, 5) is 84.9. The first-order chi connectivity index (χ1) is 23.5. The van der Waals surface area contributed by atoms with E-state index in [1.807, 2.05) is 12.1 Å². The Morgan fingerprint density at radius 3 is 1.39 bits per heavy atom. The Balaban J connectivity index is 2.30. The molecule has 15 heteroatoms. The molecule has 0 aliphatic carbocycles. The first kappa shape index (κ1) is 40.3. The van der Waals surface area contributed by atoms with Crippen molar-refractivity contribution in [3.05, 3.63) is 71.8 Å². The van der Waals surface area contributed by atoms with Crippen molar-refractivity contribution in [1.29, 1.82) is 0 Å². The summed E-state index contributed by atoms with van der Waals surface area (Å²) in [5, 5.41) is 2.75. The van der Waals surface area contributed by atoms with Gasteiger partial charge in [0.1, 0.15) is 6.54 Å². The van der Waals surface area contributed by atoms with Crippen molar-refractivity contribution in [3.8, 4) is 0 Å². The van der Waals surface area contributed by atoms with E-state index in [1.165, 1.54) is 45.8 Å². The molecule has 0 fully saturated rings. The number of rotatable bonds is 22. The highest BCUT2D eigenvalue weighted by Gasteiger charge is 2.28. The first-order valence-electron chi connectivity index (χ1n) is 15.8. The molecule has 3 N–H and O–H groups in total. The number of methoxy groups -OCH3 is 2. The van der Waals surface area contributed by atoms with Crippen LogP contribution in [0.2, 0.25) is 0 Å². The van der Waals surface area contributed by atoms with Crippen LogP contribution < -0.4 is 11.1 Å². The van der Waals surface area contributed by atoms with Crippen molar-refractivity contribution >= 4 is 35.4 Å². The molecule has 0 saturated heterocycles. The van der Waals surface area contributed by atoms with Crippen LogP contribution in [0, 0.1) is 0 Å². The molecule has 0 aliphatic rings. The standard InChI is InChI=1S/C34H49N7O8/c1-36-19-30(43)37(2)23-31(44)38(15-17-48-3)25-34(47)41(21-28-13-9-6-10-14-28)26-32(45)39(16-18-49-4)24-33(46)40(22-29(35)42)20-27-11-7-5-8-12-27/h5-14,36H,15-26H2,1-4H3,(H2,35,42). The van der Waals surface area contributed by atoms with Crippen molar-refractivity contribution in [2.75, 3.05) is 93.9 Å². The van der Waals surface area contributed by atoms with Gasteiger partial charge in [0.2, 0.25) is 35.4 Å². The Morgan fingerprint density at radius 2 is 0.980 bits per heavy atom. The third-order valence-corrected chi connectivity index (χ3v) is 7.43. The molecular formula is C34H49N7O8. The molecule has 0 saturated carbocycles. The van der Waals surface area contributed by atoms with Crippen LogP contribution >= 0.6 is 0 Å². The van der Waals surface area contributed by atoms with E-state index in [4.69, 9.17) is 15.2 Å². The smallest absolute Gasteiger partial charge is 0.242 e. The zero-order chi connectivity index (χ0) is 36.2. The lowest BCUT2D eigenvalue weighted by Gasteiger charge is -2.31. The summed E-state index contributed by atoms with van der Waals surface area (Å²) in [6.45, 7) is -1.22. The maximum Gasteiger partial charge on any atom is 0.242 e. The number of benzene rings is 2. The Hall–Kier alpha value is -4.86. The molecule has 2 rings (SSSR count). The maximum atomic E-state index is 13.9. The van der Waals surface area contributed by atoms with Crippen LogP contribution in [0.15, 0.2) is 60.7 Å². The fourth-order valence-electron chi connectivity index (χ4n) is 4.71.